The van der Waals surface area contributed by atoms with Gasteiger partial charge < -0.3 is 20.0 Å². The predicted octanol–water partition coefficient (Wildman–Crippen LogP) is 2.66. The Morgan fingerprint density at radius 3 is 2.85 bits per heavy atom. The van der Waals surface area contributed by atoms with E-state index in [1.165, 1.54) is 0 Å². The van der Waals surface area contributed by atoms with E-state index >= 15 is 0 Å². The average Bonchev–Trinajstić information content (AvgIpc) is 3.09. The van der Waals surface area contributed by atoms with Gasteiger partial charge in [0.1, 0.15) is 0 Å². The SMILES string of the molecule is O=c1[nH]ccc(NCCCN2CCOCC2)c1-c1cc2ccccc2[nH]1. The highest BCUT2D eigenvalue weighted by molar-refractivity contribution is 5.88. The molecular weight excluding hydrogens is 328 g/mol. The Bertz CT molecular complexity index is 892. The number of nitrogens with zero attached hydrogens (tertiary/aromatic N) is 1. The van der Waals surface area contributed by atoms with Crippen molar-refractivity contribution >= 4 is 16.6 Å². The Balaban J connectivity index is 1.48. The highest BCUT2D eigenvalue weighted by Crippen LogP contribution is 2.26. The molecule has 0 spiro atoms. The Morgan fingerprint density at radius 1 is 1.15 bits per heavy atom. The summed E-state index contributed by atoms with van der Waals surface area (Å²) in [5.41, 5.74) is 3.31. The van der Waals surface area contributed by atoms with Gasteiger partial charge in [-0.3, -0.25) is 9.69 Å². The fourth-order valence-corrected chi connectivity index (χ4v) is 3.45. The van der Waals surface area contributed by atoms with Gasteiger partial charge in [-0.1, -0.05) is 18.2 Å². The van der Waals surface area contributed by atoms with Crippen molar-refractivity contribution in [1.29, 1.82) is 0 Å². The van der Waals surface area contributed by atoms with Gasteiger partial charge in [0.2, 0.25) is 0 Å². The normalized spacial score (nSPS) is 15.4. The number of benzene rings is 1. The van der Waals surface area contributed by atoms with Crippen molar-refractivity contribution in [1.82, 2.24) is 14.9 Å². The fraction of sp³-hybridized carbons (Fsp3) is 0.350. The number of hydrogen-bond acceptors (Lipinski definition) is 4. The second-order valence-electron chi connectivity index (χ2n) is 6.60. The molecule has 1 aromatic carbocycles. The zero-order valence-corrected chi connectivity index (χ0v) is 14.8. The van der Waals surface area contributed by atoms with Gasteiger partial charge in [0, 0.05) is 36.7 Å². The Hall–Kier alpha value is -2.57. The molecule has 0 saturated carbocycles. The van der Waals surface area contributed by atoms with Crippen molar-refractivity contribution in [2.45, 2.75) is 6.42 Å². The van der Waals surface area contributed by atoms with Gasteiger partial charge in [-0.05, 0) is 31.2 Å². The minimum Gasteiger partial charge on any atom is -0.384 e. The van der Waals surface area contributed by atoms with E-state index in [9.17, 15) is 4.79 Å². The summed E-state index contributed by atoms with van der Waals surface area (Å²) in [4.78, 5) is 21.0. The number of H-pyrrole nitrogens is 2. The van der Waals surface area contributed by atoms with Crippen LogP contribution in [0.2, 0.25) is 0 Å². The summed E-state index contributed by atoms with van der Waals surface area (Å²) in [6, 6.07) is 12.0. The number of morpholine rings is 1. The monoisotopic (exact) mass is 352 g/mol. The highest BCUT2D eigenvalue weighted by atomic mass is 16.5. The molecule has 2 aromatic heterocycles. The third kappa shape index (κ3) is 3.66. The zero-order valence-electron chi connectivity index (χ0n) is 14.8. The summed E-state index contributed by atoms with van der Waals surface area (Å²) in [5, 5.41) is 4.54. The molecule has 0 bridgehead atoms. The van der Waals surface area contributed by atoms with Gasteiger partial charge in [-0.15, -0.1) is 0 Å². The van der Waals surface area contributed by atoms with Crippen LogP contribution in [-0.2, 0) is 4.74 Å². The van der Waals surface area contributed by atoms with Crippen LogP contribution in [0.5, 0.6) is 0 Å². The molecule has 1 saturated heterocycles. The number of ether oxygens (including phenoxy) is 1. The summed E-state index contributed by atoms with van der Waals surface area (Å²) in [5.74, 6) is 0. The number of hydrogen-bond donors (Lipinski definition) is 3. The van der Waals surface area contributed by atoms with Gasteiger partial charge in [-0.2, -0.15) is 0 Å². The number of aromatic amines is 2. The van der Waals surface area contributed by atoms with Crippen LogP contribution >= 0.6 is 0 Å². The maximum atomic E-state index is 12.5. The molecule has 6 nitrogen and oxygen atoms in total. The fourth-order valence-electron chi connectivity index (χ4n) is 3.45. The molecule has 136 valence electrons. The van der Waals surface area contributed by atoms with Crippen LogP contribution in [0.15, 0.2) is 47.4 Å². The number of fused-ring (bicyclic) bond motifs is 1. The molecule has 0 unspecified atom stereocenters. The minimum absolute atomic E-state index is 0.0882. The van der Waals surface area contributed by atoms with Crippen molar-refractivity contribution in [2.24, 2.45) is 0 Å². The van der Waals surface area contributed by atoms with Crippen molar-refractivity contribution in [3.05, 3.63) is 52.9 Å². The summed E-state index contributed by atoms with van der Waals surface area (Å²) in [6.07, 6.45) is 2.72. The van der Waals surface area contributed by atoms with E-state index in [1.807, 2.05) is 36.4 Å². The molecule has 6 heteroatoms. The first kappa shape index (κ1) is 16.9. The lowest BCUT2D eigenvalue weighted by atomic mass is 10.1. The molecule has 0 radical (unpaired) electrons. The molecule has 1 aliphatic rings. The van der Waals surface area contributed by atoms with Crippen molar-refractivity contribution in [3.63, 3.8) is 0 Å². The first-order valence-electron chi connectivity index (χ1n) is 9.15. The van der Waals surface area contributed by atoms with Gasteiger partial charge >= 0.3 is 0 Å². The molecule has 3 N–H and O–H groups in total. The number of pyridine rings is 1. The molecule has 1 fully saturated rings. The van der Waals surface area contributed by atoms with E-state index < -0.39 is 0 Å². The largest absolute Gasteiger partial charge is 0.384 e. The Kier molecular flexibility index (Phi) is 5.04. The molecule has 3 heterocycles. The van der Waals surface area contributed by atoms with Crippen LogP contribution in [0.25, 0.3) is 22.2 Å². The van der Waals surface area contributed by atoms with Crippen LogP contribution in [-0.4, -0.2) is 54.3 Å². The van der Waals surface area contributed by atoms with Gasteiger partial charge in [0.15, 0.2) is 0 Å². The third-order valence-corrected chi connectivity index (χ3v) is 4.83. The topological polar surface area (TPSA) is 73.2 Å². The number of aromatic nitrogens is 2. The molecule has 0 atom stereocenters. The molecule has 26 heavy (non-hydrogen) atoms. The van der Waals surface area contributed by atoms with E-state index in [0.29, 0.717) is 5.56 Å². The molecule has 4 rings (SSSR count). The second-order valence-corrected chi connectivity index (χ2v) is 6.60. The van der Waals surface area contributed by atoms with Crippen molar-refractivity contribution < 1.29 is 4.74 Å². The van der Waals surface area contributed by atoms with Crippen LogP contribution in [0.1, 0.15) is 6.42 Å². The lowest BCUT2D eigenvalue weighted by Crippen LogP contribution is -2.37. The van der Waals surface area contributed by atoms with Crippen LogP contribution in [0.3, 0.4) is 0 Å². The van der Waals surface area contributed by atoms with Crippen LogP contribution in [0, 0.1) is 0 Å². The van der Waals surface area contributed by atoms with E-state index in [4.69, 9.17) is 4.74 Å². The standard InChI is InChI=1S/C20H24N4O2/c25-20-19(18-14-15-4-1-2-5-16(15)23-18)17(6-8-22-20)21-7-3-9-24-10-12-26-13-11-24/h1-2,4-6,8,14,23H,3,7,9-13H2,(H2,21,22,25). The van der Waals surface area contributed by atoms with E-state index in [0.717, 1.165) is 68.1 Å². The smallest absolute Gasteiger partial charge is 0.259 e. The zero-order chi connectivity index (χ0) is 17.8. The van der Waals surface area contributed by atoms with Crippen LogP contribution < -0.4 is 10.9 Å². The molecule has 1 aliphatic heterocycles. The Labute approximate surface area is 152 Å². The van der Waals surface area contributed by atoms with Crippen molar-refractivity contribution in [2.75, 3.05) is 44.7 Å². The van der Waals surface area contributed by atoms with Gasteiger partial charge in [0.25, 0.3) is 5.56 Å². The van der Waals surface area contributed by atoms with Gasteiger partial charge in [0.05, 0.1) is 30.2 Å². The lowest BCUT2D eigenvalue weighted by molar-refractivity contribution is 0.0378. The first-order chi connectivity index (χ1) is 12.8. The molecule has 0 amide bonds. The number of nitrogens with one attached hydrogen (secondary N) is 3. The number of anilines is 1. The maximum absolute atomic E-state index is 12.5. The average molecular weight is 352 g/mol. The minimum atomic E-state index is -0.0882. The van der Waals surface area contributed by atoms with E-state index in [-0.39, 0.29) is 5.56 Å². The third-order valence-electron chi connectivity index (χ3n) is 4.83. The lowest BCUT2D eigenvalue weighted by Gasteiger charge is -2.26. The van der Waals surface area contributed by atoms with E-state index in [2.05, 4.69) is 20.2 Å². The van der Waals surface area contributed by atoms with Gasteiger partial charge in [-0.25, -0.2) is 0 Å². The number of rotatable bonds is 6. The number of para-hydroxylation sites is 1. The Morgan fingerprint density at radius 2 is 2.00 bits per heavy atom. The molecule has 0 aliphatic carbocycles. The molecule has 3 aromatic rings. The first-order valence-corrected chi connectivity index (χ1v) is 9.15. The molecular formula is C20H24N4O2. The maximum Gasteiger partial charge on any atom is 0.259 e. The summed E-state index contributed by atoms with van der Waals surface area (Å²) >= 11 is 0. The highest BCUT2D eigenvalue weighted by Gasteiger charge is 2.13. The predicted molar refractivity (Wildman–Crippen MR) is 105 cm³/mol. The quantitative estimate of drug-likeness (QED) is 0.597. The van der Waals surface area contributed by atoms with Crippen molar-refractivity contribution in [3.8, 4) is 11.3 Å². The summed E-state index contributed by atoms with van der Waals surface area (Å²) in [7, 11) is 0. The second kappa shape index (κ2) is 7.76. The summed E-state index contributed by atoms with van der Waals surface area (Å²) < 4.78 is 5.38. The van der Waals surface area contributed by atoms with Crippen LogP contribution in [0.4, 0.5) is 5.69 Å². The van der Waals surface area contributed by atoms with E-state index in [1.54, 1.807) is 6.20 Å². The summed E-state index contributed by atoms with van der Waals surface area (Å²) in [6.45, 7) is 5.53.